The number of ether oxygens (including phenoxy) is 1. The Labute approximate surface area is 196 Å². The molecule has 0 fully saturated rings. The van der Waals surface area contributed by atoms with E-state index in [2.05, 4.69) is 11.1 Å². The topological polar surface area (TPSA) is 59.9 Å². The van der Waals surface area contributed by atoms with Gasteiger partial charge in [-0.25, -0.2) is 4.98 Å². The molecule has 0 atom stereocenters. The average molecular weight is 454 g/mol. The van der Waals surface area contributed by atoms with Crippen molar-refractivity contribution < 1.29 is 4.74 Å². The standard InChI is InChI=1S/C27H23N3O2S/c1-18-9-6-7-14-23(18)30-26(31)25-24(22(16-28-25)20-11-4-3-5-12-20)29-27(30)33-17-19-10-8-13-21(15-19)32-2/h3-16,28H,17H2,1-2H3. The zero-order chi connectivity index (χ0) is 22.8. The molecule has 1 N–H and O–H groups in total. The third kappa shape index (κ3) is 4.05. The van der Waals surface area contributed by atoms with Crippen LogP contribution in [0.2, 0.25) is 0 Å². The van der Waals surface area contributed by atoms with Crippen LogP contribution in [0.4, 0.5) is 0 Å². The number of nitrogens with one attached hydrogen (secondary N) is 1. The van der Waals surface area contributed by atoms with Gasteiger partial charge in [-0.15, -0.1) is 0 Å². The van der Waals surface area contributed by atoms with E-state index in [-0.39, 0.29) is 5.56 Å². The SMILES string of the molecule is COc1cccc(CSc2nc3c(-c4ccccc4)c[nH]c3c(=O)n2-c2ccccc2C)c1. The van der Waals surface area contributed by atoms with Gasteiger partial charge in [0.2, 0.25) is 0 Å². The van der Waals surface area contributed by atoms with Gasteiger partial charge in [0.15, 0.2) is 5.16 Å². The van der Waals surface area contributed by atoms with E-state index < -0.39 is 0 Å². The first-order valence-corrected chi connectivity index (χ1v) is 11.7. The first-order chi connectivity index (χ1) is 16.2. The molecule has 0 bridgehead atoms. The zero-order valence-electron chi connectivity index (χ0n) is 18.4. The quantitative estimate of drug-likeness (QED) is 0.253. The summed E-state index contributed by atoms with van der Waals surface area (Å²) in [6.07, 6.45) is 1.87. The lowest BCUT2D eigenvalue weighted by Crippen LogP contribution is -2.22. The molecule has 5 aromatic rings. The van der Waals surface area contributed by atoms with E-state index in [4.69, 9.17) is 9.72 Å². The summed E-state index contributed by atoms with van der Waals surface area (Å²) < 4.78 is 7.08. The highest BCUT2D eigenvalue weighted by Gasteiger charge is 2.19. The summed E-state index contributed by atoms with van der Waals surface area (Å²) in [5, 5.41) is 0.654. The Morgan fingerprint density at radius 1 is 1.00 bits per heavy atom. The van der Waals surface area contributed by atoms with Gasteiger partial charge in [0.05, 0.1) is 12.8 Å². The Bertz CT molecular complexity index is 1490. The van der Waals surface area contributed by atoms with Crippen LogP contribution < -0.4 is 10.3 Å². The maximum absolute atomic E-state index is 13.7. The van der Waals surface area contributed by atoms with Crippen molar-refractivity contribution in [1.29, 1.82) is 0 Å². The number of hydrogen-bond donors (Lipinski definition) is 1. The lowest BCUT2D eigenvalue weighted by atomic mass is 10.1. The fourth-order valence-corrected chi connectivity index (χ4v) is 4.85. The molecule has 0 saturated heterocycles. The molecule has 0 radical (unpaired) electrons. The molecule has 0 spiro atoms. The van der Waals surface area contributed by atoms with Crippen molar-refractivity contribution in [2.24, 2.45) is 0 Å². The minimum absolute atomic E-state index is 0.107. The zero-order valence-corrected chi connectivity index (χ0v) is 19.2. The second-order valence-corrected chi connectivity index (χ2v) is 8.70. The van der Waals surface area contributed by atoms with Crippen LogP contribution in [-0.4, -0.2) is 21.6 Å². The van der Waals surface area contributed by atoms with Gasteiger partial charge < -0.3 is 9.72 Å². The number of thioether (sulfide) groups is 1. The molecule has 164 valence electrons. The van der Waals surface area contributed by atoms with Gasteiger partial charge in [-0.05, 0) is 41.8 Å². The molecule has 0 aliphatic rings. The van der Waals surface area contributed by atoms with Crippen LogP contribution in [0.1, 0.15) is 11.1 Å². The molecular weight excluding hydrogens is 430 g/mol. The minimum Gasteiger partial charge on any atom is -0.497 e. The van der Waals surface area contributed by atoms with Gasteiger partial charge >= 0.3 is 0 Å². The molecule has 0 aliphatic carbocycles. The summed E-state index contributed by atoms with van der Waals surface area (Å²) in [5.41, 5.74) is 5.97. The Balaban J connectivity index is 1.67. The number of rotatable bonds is 6. The number of fused-ring (bicyclic) bond motifs is 1. The molecule has 6 heteroatoms. The fraction of sp³-hybridized carbons (Fsp3) is 0.111. The number of methoxy groups -OCH3 is 1. The van der Waals surface area contributed by atoms with Crippen LogP contribution >= 0.6 is 11.8 Å². The lowest BCUT2D eigenvalue weighted by molar-refractivity contribution is 0.414. The molecule has 0 amide bonds. The van der Waals surface area contributed by atoms with Crippen LogP contribution in [0.3, 0.4) is 0 Å². The average Bonchev–Trinajstić information content (AvgIpc) is 3.28. The maximum Gasteiger partial charge on any atom is 0.283 e. The van der Waals surface area contributed by atoms with E-state index >= 15 is 0 Å². The Morgan fingerprint density at radius 2 is 1.79 bits per heavy atom. The number of benzene rings is 3. The largest absolute Gasteiger partial charge is 0.497 e. The summed E-state index contributed by atoms with van der Waals surface area (Å²) in [6.45, 7) is 2.01. The van der Waals surface area contributed by atoms with Gasteiger partial charge in [0.25, 0.3) is 5.56 Å². The third-order valence-corrected chi connectivity index (χ3v) is 6.62. The van der Waals surface area contributed by atoms with Crippen LogP contribution in [0.25, 0.3) is 27.8 Å². The van der Waals surface area contributed by atoms with Gasteiger partial charge in [-0.3, -0.25) is 9.36 Å². The first-order valence-electron chi connectivity index (χ1n) is 10.7. The van der Waals surface area contributed by atoms with Crippen LogP contribution in [-0.2, 0) is 5.75 Å². The van der Waals surface area contributed by atoms with Crippen molar-refractivity contribution in [2.75, 3.05) is 7.11 Å². The number of aromatic nitrogens is 3. The maximum atomic E-state index is 13.7. The third-order valence-electron chi connectivity index (χ3n) is 5.61. The molecule has 5 rings (SSSR count). The minimum atomic E-state index is -0.107. The number of hydrogen-bond acceptors (Lipinski definition) is 4. The van der Waals surface area contributed by atoms with Crippen molar-refractivity contribution in [3.8, 4) is 22.6 Å². The second-order valence-electron chi connectivity index (χ2n) is 7.75. The van der Waals surface area contributed by atoms with Gasteiger partial charge in [-0.1, -0.05) is 72.4 Å². The van der Waals surface area contributed by atoms with Crippen LogP contribution in [0.5, 0.6) is 5.75 Å². The molecule has 0 aliphatic heterocycles. The molecule has 2 aromatic heterocycles. The van der Waals surface area contributed by atoms with E-state index in [0.29, 0.717) is 21.9 Å². The molecule has 0 unspecified atom stereocenters. The van der Waals surface area contributed by atoms with Crippen molar-refractivity contribution in [1.82, 2.24) is 14.5 Å². The van der Waals surface area contributed by atoms with E-state index in [9.17, 15) is 4.79 Å². The molecule has 5 nitrogen and oxygen atoms in total. The van der Waals surface area contributed by atoms with Crippen molar-refractivity contribution >= 4 is 22.8 Å². The van der Waals surface area contributed by atoms with Crippen molar-refractivity contribution in [3.63, 3.8) is 0 Å². The second kappa shape index (κ2) is 9.00. The molecule has 33 heavy (non-hydrogen) atoms. The van der Waals surface area contributed by atoms with Crippen LogP contribution in [0, 0.1) is 6.92 Å². The Hall–Kier alpha value is -3.77. The molecule has 3 aromatic carbocycles. The monoisotopic (exact) mass is 453 g/mol. The molecular formula is C27H23N3O2S. The number of aryl methyl sites for hydroxylation is 1. The van der Waals surface area contributed by atoms with Crippen LogP contribution in [0.15, 0.2) is 95.0 Å². The number of para-hydroxylation sites is 1. The van der Waals surface area contributed by atoms with E-state index in [1.807, 2.05) is 85.9 Å². The molecule has 2 heterocycles. The van der Waals surface area contributed by atoms with E-state index in [1.165, 1.54) is 0 Å². The Morgan fingerprint density at radius 3 is 2.58 bits per heavy atom. The predicted molar refractivity (Wildman–Crippen MR) is 134 cm³/mol. The van der Waals surface area contributed by atoms with E-state index in [0.717, 1.165) is 33.7 Å². The molecule has 0 saturated carbocycles. The predicted octanol–water partition coefficient (Wildman–Crippen LogP) is 5.99. The van der Waals surface area contributed by atoms with Crippen molar-refractivity contribution in [2.45, 2.75) is 17.8 Å². The summed E-state index contributed by atoms with van der Waals surface area (Å²) in [7, 11) is 1.66. The van der Waals surface area contributed by atoms with Crippen molar-refractivity contribution in [3.05, 3.63) is 107 Å². The summed E-state index contributed by atoms with van der Waals surface area (Å²) in [4.78, 5) is 21.9. The summed E-state index contributed by atoms with van der Waals surface area (Å²) in [5.74, 6) is 1.47. The fourth-order valence-electron chi connectivity index (χ4n) is 3.91. The lowest BCUT2D eigenvalue weighted by Gasteiger charge is -2.14. The highest BCUT2D eigenvalue weighted by Crippen LogP contribution is 2.31. The van der Waals surface area contributed by atoms with E-state index in [1.54, 1.807) is 23.4 Å². The van der Waals surface area contributed by atoms with Gasteiger partial charge in [0, 0.05) is 17.5 Å². The Kier molecular flexibility index (Phi) is 5.75. The highest BCUT2D eigenvalue weighted by molar-refractivity contribution is 7.98. The number of nitrogens with zero attached hydrogens (tertiary/aromatic N) is 2. The number of aromatic amines is 1. The smallest absolute Gasteiger partial charge is 0.283 e. The van der Waals surface area contributed by atoms with Gasteiger partial charge in [0.1, 0.15) is 16.8 Å². The highest BCUT2D eigenvalue weighted by atomic mass is 32.2. The summed E-state index contributed by atoms with van der Waals surface area (Å²) >= 11 is 1.54. The number of H-pyrrole nitrogens is 1. The summed E-state index contributed by atoms with van der Waals surface area (Å²) in [6, 6.07) is 25.8. The normalized spacial score (nSPS) is 11.1. The first kappa shape index (κ1) is 21.1. The van der Waals surface area contributed by atoms with Gasteiger partial charge in [-0.2, -0.15) is 0 Å².